The van der Waals surface area contributed by atoms with Crippen LogP contribution in [0.2, 0.25) is 0 Å². The number of benzene rings is 1. The summed E-state index contributed by atoms with van der Waals surface area (Å²) in [4.78, 5) is 13.1. The van der Waals surface area contributed by atoms with E-state index in [9.17, 15) is 4.79 Å². The zero-order valence-corrected chi connectivity index (χ0v) is 10.8. The van der Waals surface area contributed by atoms with Crippen LogP contribution in [0.1, 0.15) is 30.9 Å². The molecular formula is C13H18ClNO. The van der Waals surface area contributed by atoms with E-state index in [0.717, 1.165) is 29.7 Å². The van der Waals surface area contributed by atoms with Gasteiger partial charge in [-0.2, -0.15) is 0 Å². The minimum atomic E-state index is -0.397. The molecule has 0 aliphatic carbocycles. The van der Waals surface area contributed by atoms with Crippen LogP contribution in [-0.2, 0) is 0 Å². The van der Waals surface area contributed by atoms with Crippen LogP contribution in [0, 0.1) is 13.8 Å². The standard InChI is InChI=1S/C13H18ClNO/c1-4-5-9-15(13(14)16)12-10(2)7-6-8-11(12)3/h6-8H,4-5,9H2,1-3H3. The topological polar surface area (TPSA) is 20.3 Å². The number of carbonyl (C=O) groups is 1. The second-order valence-corrected chi connectivity index (χ2v) is 4.32. The highest BCUT2D eigenvalue weighted by molar-refractivity contribution is 6.66. The fraction of sp³-hybridized carbons (Fsp3) is 0.462. The minimum Gasteiger partial charge on any atom is -0.298 e. The normalized spacial score (nSPS) is 10.2. The molecule has 1 amide bonds. The van der Waals surface area contributed by atoms with E-state index >= 15 is 0 Å². The summed E-state index contributed by atoms with van der Waals surface area (Å²) in [7, 11) is 0. The van der Waals surface area contributed by atoms with E-state index in [4.69, 9.17) is 11.6 Å². The summed E-state index contributed by atoms with van der Waals surface area (Å²) in [5, 5.41) is -0.397. The van der Waals surface area contributed by atoms with Crippen molar-refractivity contribution in [2.24, 2.45) is 0 Å². The predicted octanol–water partition coefficient (Wildman–Crippen LogP) is 4.27. The van der Waals surface area contributed by atoms with E-state index in [1.54, 1.807) is 4.90 Å². The smallest absolute Gasteiger partial charge is 0.298 e. The van der Waals surface area contributed by atoms with Crippen LogP contribution < -0.4 is 4.90 Å². The maximum absolute atomic E-state index is 11.4. The Morgan fingerprint density at radius 2 is 1.88 bits per heavy atom. The molecular weight excluding hydrogens is 222 g/mol. The third-order valence-electron chi connectivity index (χ3n) is 2.66. The summed E-state index contributed by atoms with van der Waals surface area (Å²) in [5.74, 6) is 0. The maximum atomic E-state index is 11.4. The quantitative estimate of drug-likeness (QED) is 0.568. The van der Waals surface area contributed by atoms with Crippen molar-refractivity contribution in [3.63, 3.8) is 0 Å². The lowest BCUT2D eigenvalue weighted by molar-refractivity contribution is 0.264. The van der Waals surface area contributed by atoms with Crippen LogP contribution in [0.15, 0.2) is 18.2 Å². The van der Waals surface area contributed by atoms with Gasteiger partial charge in [-0.1, -0.05) is 31.5 Å². The Morgan fingerprint density at radius 3 is 2.31 bits per heavy atom. The number of rotatable bonds is 4. The summed E-state index contributed by atoms with van der Waals surface area (Å²) in [6.07, 6.45) is 2.01. The van der Waals surface area contributed by atoms with Crippen molar-refractivity contribution < 1.29 is 4.79 Å². The van der Waals surface area contributed by atoms with Crippen molar-refractivity contribution in [2.75, 3.05) is 11.4 Å². The van der Waals surface area contributed by atoms with Crippen LogP contribution in [0.3, 0.4) is 0 Å². The Balaban J connectivity index is 3.05. The number of hydrogen-bond acceptors (Lipinski definition) is 1. The zero-order chi connectivity index (χ0) is 12.1. The summed E-state index contributed by atoms with van der Waals surface area (Å²) >= 11 is 5.65. The van der Waals surface area contributed by atoms with Gasteiger partial charge in [0.25, 0.3) is 0 Å². The molecule has 0 atom stereocenters. The van der Waals surface area contributed by atoms with E-state index < -0.39 is 5.37 Å². The van der Waals surface area contributed by atoms with Crippen LogP contribution in [0.4, 0.5) is 10.5 Å². The number of aryl methyl sites for hydroxylation is 2. The van der Waals surface area contributed by atoms with Crippen molar-refractivity contribution in [1.82, 2.24) is 0 Å². The molecule has 0 aromatic heterocycles. The fourth-order valence-corrected chi connectivity index (χ4v) is 2.00. The molecule has 0 saturated carbocycles. The van der Waals surface area contributed by atoms with Crippen LogP contribution in [-0.4, -0.2) is 11.9 Å². The van der Waals surface area contributed by atoms with Gasteiger partial charge in [0.05, 0.1) is 5.69 Å². The largest absolute Gasteiger partial charge is 0.320 e. The van der Waals surface area contributed by atoms with Crippen molar-refractivity contribution in [3.8, 4) is 0 Å². The maximum Gasteiger partial charge on any atom is 0.320 e. The average Bonchev–Trinajstić information content (AvgIpc) is 2.21. The van der Waals surface area contributed by atoms with Crippen LogP contribution in [0.5, 0.6) is 0 Å². The Bertz CT molecular complexity index is 356. The first-order chi connectivity index (χ1) is 7.57. The summed E-state index contributed by atoms with van der Waals surface area (Å²) in [6, 6.07) is 5.99. The summed E-state index contributed by atoms with van der Waals surface area (Å²) in [5.41, 5.74) is 3.13. The van der Waals surface area contributed by atoms with E-state index in [2.05, 4.69) is 6.92 Å². The second-order valence-electron chi connectivity index (χ2n) is 4.00. The molecule has 0 aliphatic heterocycles. The molecule has 0 fully saturated rings. The Labute approximate surface area is 102 Å². The van der Waals surface area contributed by atoms with Gasteiger partial charge in [0.2, 0.25) is 0 Å². The first-order valence-electron chi connectivity index (χ1n) is 5.61. The van der Waals surface area contributed by atoms with Gasteiger partial charge in [0, 0.05) is 6.54 Å². The predicted molar refractivity (Wildman–Crippen MR) is 69.4 cm³/mol. The van der Waals surface area contributed by atoms with E-state index in [1.807, 2.05) is 32.0 Å². The molecule has 1 aromatic carbocycles. The van der Waals surface area contributed by atoms with Crippen LogP contribution >= 0.6 is 11.6 Å². The molecule has 0 spiro atoms. The molecule has 0 saturated heterocycles. The average molecular weight is 240 g/mol. The highest BCUT2D eigenvalue weighted by Crippen LogP contribution is 2.26. The zero-order valence-electron chi connectivity index (χ0n) is 10.1. The fourth-order valence-electron chi connectivity index (χ4n) is 1.84. The Kier molecular flexibility index (Phi) is 4.81. The number of hydrogen-bond donors (Lipinski definition) is 0. The van der Waals surface area contributed by atoms with Crippen molar-refractivity contribution in [3.05, 3.63) is 29.3 Å². The van der Waals surface area contributed by atoms with E-state index in [-0.39, 0.29) is 0 Å². The van der Waals surface area contributed by atoms with Gasteiger partial charge >= 0.3 is 5.37 Å². The third-order valence-corrected chi connectivity index (χ3v) is 2.86. The lowest BCUT2D eigenvalue weighted by Gasteiger charge is -2.23. The molecule has 0 unspecified atom stereocenters. The molecule has 2 nitrogen and oxygen atoms in total. The molecule has 1 rings (SSSR count). The van der Waals surface area contributed by atoms with Gasteiger partial charge < -0.3 is 0 Å². The van der Waals surface area contributed by atoms with E-state index in [1.165, 1.54) is 0 Å². The number of carbonyl (C=O) groups excluding carboxylic acids is 1. The molecule has 16 heavy (non-hydrogen) atoms. The second kappa shape index (κ2) is 5.90. The van der Waals surface area contributed by atoms with Gasteiger partial charge in [-0.15, -0.1) is 0 Å². The molecule has 0 bridgehead atoms. The van der Waals surface area contributed by atoms with Gasteiger partial charge in [-0.3, -0.25) is 9.69 Å². The molecule has 0 heterocycles. The SMILES string of the molecule is CCCCN(C(=O)Cl)c1c(C)cccc1C. The van der Waals surface area contributed by atoms with Gasteiger partial charge in [0.1, 0.15) is 0 Å². The van der Waals surface area contributed by atoms with Crippen LogP contribution in [0.25, 0.3) is 0 Å². The Morgan fingerprint density at radius 1 is 1.31 bits per heavy atom. The molecule has 0 radical (unpaired) electrons. The molecule has 3 heteroatoms. The molecule has 88 valence electrons. The first-order valence-corrected chi connectivity index (χ1v) is 5.99. The number of para-hydroxylation sites is 1. The lowest BCUT2D eigenvalue weighted by Crippen LogP contribution is -2.28. The van der Waals surface area contributed by atoms with E-state index in [0.29, 0.717) is 6.54 Å². The number of unbranched alkanes of at least 4 members (excludes halogenated alkanes) is 1. The molecule has 0 aliphatic rings. The highest BCUT2D eigenvalue weighted by atomic mass is 35.5. The number of nitrogens with zero attached hydrogens (tertiary/aromatic N) is 1. The van der Waals surface area contributed by atoms with Gasteiger partial charge in [0.15, 0.2) is 0 Å². The van der Waals surface area contributed by atoms with Crippen molar-refractivity contribution in [2.45, 2.75) is 33.6 Å². The van der Waals surface area contributed by atoms with Gasteiger partial charge in [-0.25, -0.2) is 0 Å². The summed E-state index contributed by atoms with van der Waals surface area (Å²) in [6.45, 7) is 6.79. The number of amides is 1. The highest BCUT2D eigenvalue weighted by Gasteiger charge is 2.16. The van der Waals surface area contributed by atoms with Crippen molar-refractivity contribution in [1.29, 1.82) is 0 Å². The third kappa shape index (κ3) is 2.99. The molecule has 1 aromatic rings. The minimum absolute atomic E-state index is 0.397. The Hall–Kier alpha value is -1.02. The number of halogens is 1. The number of anilines is 1. The summed E-state index contributed by atoms with van der Waals surface area (Å²) < 4.78 is 0. The monoisotopic (exact) mass is 239 g/mol. The first kappa shape index (κ1) is 13.0. The van der Waals surface area contributed by atoms with Gasteiger partial charge in [-0.05, 0) is 43.0 Å². The lowest BCUT2D eigenvalue weighted by atomic mass is 10.1. The van der Waals surface area contributed by atoms with Crippen molar-refractivity contribution >= 4 is 22.7 Å². The molecule has 0 N–H and O–H groups in total.